The number of likely N-dealkylation sites (N-methyl/N-ethyl adjacent to an activating group) is 2. The van der Waals surface area contributed by atoms with Crippen molar-refractivity contribution in [2.45, 2.75) is 6.04 Å². The highest BCUT2D eigenvalue weighted by Gasteiger charge is 2.22. The van der Waals surface area contributed by atoms with Gasteiger partial charge in [-0.25, -0.2) is 19.9 Å². The van der Waals surface area contributed by atoms with Gasteiger partial charge in [-0.05, 0) is 81.8 Å². The average molecular weight is 781 g/mol. The second-order valence-corrected chi connectivity index (χ2v) is 13.9. The molecule has 1 atom stereocenters. The molecule has 0 spiro atoms. The summed E-state index contributed by atoms with van der Waals surface area (Å²) in [6, 6.07) is 27.3. The van der Waals surface area contributed by atoms with E-state index in [0.29, 0.717) is 64.0 Å². The molecule has 0 aliphatic carbocycles. The molecule has 6 aromatic carbocycles. The van der Waals surface area contributed by atoms with Crippen LogP contribution in [0.25, 0.3) is 65.7 Å². The number of aliphatic hydroxyl groups excluding tert-OH is 1. The summed E-state index contributed by atoms with van der Waals surface area (Å²) in [4.78, 5) is 46.5. The Hall–Kier alpha value is -6.74. The lowest BCUT2D eigenvalue weighted by molar-refractivity contribution is 0.0902. The maximum absolute atomic E-state index is 13.0. The molecule has 0 saturated carbocycles. The predicted molar refractivity (Wildman–Crippen MR) is 227 cm³/mol. The highest BCUT2D eigenvalue weighted by Crippen LogP contribution is 2.34. The van der Waals surface area contributed by atoms with Gasteiger partial charge in [-0.3, -0.25) is 9.59 Å². The molecule has 0 unspecified atom stereocenters. The smallest absolute Gasteiger partial charge is 0.257 e. The second kappa shape index (κ2) is 17.2. The molecule has 2 heterocycles. The van der Waals surface area contributed by atoms with Crippen molar-refractivity contribution in [3.05, 3.63) is 102 Å². The maximum atomic E-state index is 13.0. The molecule has 14 nitrogen and oxygen atoms in total. The van der Waals surface area contributed by atoms with Gasteiger partial charge in [0, 0.05) is 41.2 Å². The number of ether oxygens (including phenoxy) is 2. The topological polar surface area (TPSA) is 184 Å². The average Bonchev–Trinajstić information content (AvgIpc) is 3.23. The number of aromatic nitrogens is 4. The number of amides is 2. The number of phenolic OH excluding ortho intramolecular Hbond substituents is 1. The Bertz CT molecular complexity index is 2830. The summed E-state index contributed by atoms with van der Waals surface area (Å²) >= 11 is 0. The molecule has 0 bridgehead atoms. The van der Waals surface area contributed by atoms with Crippen LogP contribution in [0.3, 0.4) is 0 Å². The molecule has 0 aliphatic heterocycles. The van der Waals surface area contributed by atoms with Crippen molar-refractivity contribution in [2.75, 3.05) is 61.6 Å². The van der Waals surface area contributed by atoms with Crippen molar-refractivity contribution in [1.82, 2.24) is 40.8 Å². The molecule has 2 aromatic heterocycles. The van der Waals surface area contributed by atoms with Gasteiger partial charge in [-0.1, -0.05) is 30.3 Å². The van der Waals surface area contributed by atoms with Crippen molar-refractivity contribution in [2.24, 2.45) is 0 Å². The number of carbonyl (C=O) groups excluding carboxylic acids is 2. The number of aliphatic hydroxyl groups is 1. The lowest BCUT2D eigenvalue weighted by Gasteiger charge is -2.20. The number of para-hydroxylation sites is 1. The number of aromatic hydroxyl groups is 1. The summed E-state index contributed by atoms with van der Waals surface area (Å²) in [5.41, 5.74) is 5.47. The molecule has 5 N–H and O–H groups in total. The molecule has 0 radical (unpaired) electrons. The molecule has 296 valence electrons. The number of rotatable bonds is 11. The Morgan fingerprint density at radius 1 is 0.655 bits per heavy atom. The maximum Gasteiger partial charge on any atom is 0.257 e. The minimum absolute atomic E-state index is 0.0315. The molecule has 14 heteroatoms. The Labute approximate surface area is 333 Å². The van der Waals surface area contributed by atoms with E-state index in [0.717, 1.165) is 38.3 Å². The van der Waals surface area contributed by atoms with Gasteiger partial charge in [0.15, 0.2) is 0 Å². The highest BCUT2D eigenvalue weighted by molar-refractivity contribution is 6.13. The number of hydrogen-bond acceptors (Lipinski definition) is 12. The number of nitrogens with zero attached hydrogens (tertiary/aromatic N) is 5. The van der Waals surface area contributed by atoms with E-state index < -0.39 is 11.9 Å². The molecule has 8 aromatic rings. The fourth-order valence-corrected chi connectivity index (χ4v) is 7.02. The third kappa shape index (κ3) is 7.80. The molecule has 58 heavy (non-hydrogen) atoms. The van der Waals surface area contributed by atoms with E-state index >= 15 is 0 Å². The largest absolute Gasteiger partial charge is 0.507 e. The van der Waals surface area contributed by atoms with Crippen LogP contribution in [-0.4, -0.2) is 115 Å². The molecule has 0 fully saturated rings. The summed E-state index contributed by atoms with van der Waals surface area (Å²) in [5.74, 6) is 0.634. The van der Waals surface area contributed by atoms with E-state index in [1.165, 1.54) is 6.07 Å². The van der Waals surface area contributed by atoms with E-state index in [2.05, 4.69) is 20.9 Å². The number of carbonyl (C=O) groups is 2. The van der Waals surface area contributed by atoms with Gasteiger partial charge in [-0.2, -0.15) is 0 Å². The van der Waals surface area contributed by atoms with Gasteiger partial charge >= 0.3 is 0 Å². The van der Waals surface area contributed by atoms with Crippen LogP contribution in [0.5, 0.6) is 17.2 Å². The zero-order valence-corrected chi connectivity index (χ0v) is 32.8. The van der Waals surface area contributed by atoms with Crippen molar-refractivity contribution in [3.8, 4) is 17.2 Å². The summed E-state index contributed by atoms with van der Waals surface area (Å²) in [5, 5.41) is 32.4. The second-order valence-electron chi connectivity index (χ2n) is 13.9. The third-order valence-electron chi connectivity index (χ3n) is 9.74. The Kier molecular flexibility index (Phi) is 11.7. The van der Waals surface area contributed by atoms with E-state index in [9.17, 15) is 19.8 Å². The van der Waals surface area contributed by atoms with Crippen molar-refractivity contribution < 1.29 is 29.3 Å². The van der Waals surface area contributed by atoms with Gasteiger partial charge in [0.25, 0.3) is 11.8 Å². The van der Waals surface area contributed by atoms with Crippen LogP contribution in [0.2, 0.25) is 0 Å². The SMILES string of the molecule is CNCCNC(=O)c1cccc2nc3ccc4c(OC)cccc4c3nc12.COc1cccc2c1ccc1nc3ccc(O)c(C(=O)N[C@H](CO)CN(C)C)c3nc12. The number of benzene rings is 6. The minimum Gasteiger partial charge on any atom is -0.507 e. The lowest BCUT2D eigenvalue weighted by Crippen LogP contribution is -2.44. The lowest BCUT2D eigenvalue weighted by atomic mass is 10.1. The first-order chi connectivity index (χ1) is 28.1. The molecule has 8 rings (SSSR count). The zero-order chi connectivity index (χ0) is 40.9. The van der Waals surface area contributed by atoms with E-state index in [-0.39, 0.29) is 23.8 Å². The summed E-state index contributed by atoms with van der Waals surface area (Å²) in [6.45, 7) is 1.48. The Balaban J connectivity index is 0.000000178. The van der Waals surface area contributed by atoms with E-state index in [1.54, 1.807) is 26.4 Å². The first kappa shape index (κ1) is 39.5. The fraction of sp³-hybridized carbons (Fsp3) is 0.227. The van der Waals surface area contributed by atoms with Gasteiger partial charge in [-0.15, -0.1) is 0 Å². The molecular formula is C44H44N8O6. The van der Waals surface area contributed by atoms with Crippen molar-refractivity contribution >= 4 is 77.5 Å². The molecule has 0 saturated heterocycles. The monoisotopic (exact) mass is 780 g/mol. The molecular weight excluding hydrogens is 737 g/mol. The van der Waals surface area contributed by atoms with Crippen LogP contribution >= 0.6 is 0 Å². The standard InChI is InChI=1S/C23H24N4O4.C21H20N4O2/c1-27(2)11-13(12-28)24-23(30)20-18(29)10-9-17-22(20)26-21-15-5-4-6-19(31-3)14(15)7-8-16(21)25-17;1-22-11-12-23-21(26)15-6-3-7-16-20(15)25-19-14-5-4-8-18(27-2)13(14)9-10-17(19)24-16/h4-10,13,28-29H,11-12H2,1-3H3,(H,24,30);3-10,22H,11-12H2,1-2H3,(H,23,26)/t13-;/m0./s1. The van der Waals surface area contributed by atoms with Gasteiger partial charge in [0.05, 0.1) is 65.5 Å². The van der Waals surface area contributed by atoms with Crippen molar-refractivity contribution in [1.29, 1.82) is 0 Å². The van der Waals surface area contributed by atoms with Crippen LogP contribution in [0.1, 0.15) is 20.7 Å². The van der Waals surface area contributed by atoms with Crippen LogP contribution < -0.4 is 25.4 Å². The minimum atomic E-state index is -0.518. The Morgan fingerprint density at radius 2 is 1.21 bits per heavy atom. The van der Waals surface area contributed by atoms with Gasteiger partial charge in [0.2, 0.25) is 0 Å². The third-order valence-corrected chi connectivity index (χ3v) is 9.74. The number of nitrogens with one attached hydrogen (secondary N) is 3. The first-order valence-electron chi connectivity index (χ1n) is 18.7. The number of phenols is 1. The van der Waals surface area contributed by atoms with Crippen molar-refractivity contribution in [3.63, 3.8) is 0 Å². The fourth-order valence-electron chi connectivity index (χ4n) is 7.02. The summed E-state index contributed by atoms with van der Waals surface area (Å²) in [7, 11) is 8.80. The first-order valence-corrected chi connectivity index (χ1v) is 18.7. The number of fused-ring (bicyclic) bond motifs is 8. The normalized spacial score (nSPS) is 11.9. The van der Waals surface area contributed by atoms with Gasteiger partial charge < -0.3 is 40.5 Å². The summed E-state index contributed by atoms with van der Waals surface area (Å²) < 4.78 is 10.9. The van der Waals surface area contributed by atoms with Crippen LogP contribution in [-0.2, 0) is 0 Å². The Morgan fingerprint density at radius 3 is 1.78 bits per heavy atom. The summed E-state index contributed by atoms with van der Waals surface area (Å²) in [6.07, 6.45) is 0. The van der Waals surface area contributed by atoms with Gasteiger partial charge in [0.1, 0.15) is 33.8 Å². The quantitative estimate of drug-likeness (QED) is 0.0659. The predicted octanol–water partition coefficient (Wildman–Crippen LogP) is 5.20. The van der Waals surface area contributed by atoms with Crippen LogP contribution in [0, 0.1) is 0 Å². The zero-order valence-electron chi connectivity index (χ0n) is 32.8. The number of methoxy groups -OCH3 is 2. The number of hydrogen-bond donors (Lipinski definition) is 5. The highest BCUT2D eigenvalue weighted by atomic mass is 16.5. The van der Waals surface area contributed by atoms with Crippen LogP contribution in [0.4, 0.5) is 0 Å². The van der Waals surface area contributed by atoms with Crippen LogP contribution in [0.15, 0.2) is 91.0 Å². The van der Waals surface area contributed by atoms with E-state index in [4.69, 9.17) is 24.4 Å². The van der Waals surface area contributed by atoms with E-state index in [1.807, 2.05) is 98.8 Å². The molecule has 2 amide bonds. The molecule has 0 aliphatic rings.